The Bertz CT molecular complexity index is 586. The third kappa shape index (κ3) is 3.74. The van der Waals surface area contributed by atoms with E-state index in [1.807, 2.05) is 0 Å². The van der Waals surface area contributed by atoms with Gasteiger partial charge in [0.05, 0.1) is 6.04 Å². The average molecular weight is 281 g/mol. The number of aryl methyl sites for hydroxylation is 3. The quantitative estimate of drug-likeness (QED) is 0.800. The molecule has 1 atom stereocenters. The van der Waals surface area contributed by atoms with Gasteiger partial charge in [-0.1, -0.05) is 68.8 Å². The lowest BCUT2D eigenvalue weighted by atomic mass is 9.92. The predicted molar refractivity (Wildman–Crippen MR) is 91.9 cm³/mol. The zero-order chi connectivity index (χ0) is 15.2. The standard InChI is InChI=1S/C20H27N/c1-5-16-11-12-19(14-17(16)6-2)20(21-7-3)18-10-8-9-15(4)13-18/h8-14,20-21H,5-7H2,1-4H3. The molecule has 1 unspecified atom stereocenters. The van der Waals surface area contributed by atoms with Gasteiger partial charge in [-0.15, -0.1) is 0 Å². The lowest BCUT2D eigenvalue weighted by Crippen LogP contribution is -2.22. The number of rotatable bonds is 6. The van der Waals surface area contributed by atoms with E-state index in [0.29, 0.717) is 0 Å². The van der Waals surface area contributed by atoms with Gasteiger partial charge in [-0.2, -0.15) is 0 Å². The highest BCUT2D eigenvalue weighted by Gasteiger charge is 2.14. The van der Waals surface area contributed by atoms with Crippen molar-refractivity contribution in [1.29, 1.82) is 0 Å². The maximum absolute atomic E-state index is 3.63. The summed E-state index contributed by atoms with van der Waals surface area (Å²) in [5, 5.41) is 3.63. The van der Waals surface area contributed by atoms with Crippen LogP contribution in [0.3, 0.4) is 0 Å². The molecule has 0 fully saturated rings. The first kappa shape index (κ1) is 15.8. The van der Waals surface area contributed by atoms with Crippen LogP contribution < -0.4 is 5.32 Å². The summed E-state index contributed by atoms with van der Waals surface area (Å²) < 4.78 is 0. The molecule has 1 N–H and O–H groups in total. The van der Waals surface area contributed by atoms with E-state index in [0.717, 1.165) is 19.4 Å². The van der Waals surface area contributed by atoms with Gasteiger partial charge in [0, 0.05) is 0 Å². The van der Waals surface area contributed by atoms with Crippen LogP contribution in [0.25, 0.3) is 0 Å². The molecule has 0 saturated carbocycles. The topological polar surface area (TPSA) is 12.0 Å². The zero-order valence-corrected chi connectivity index (χ0v) is 13.7. The second kappa shape index (κ2) is 7.42. The fraction of sp³-hybridized carbons (Fsp3) is 0.400. The van der Waals surface area contributed by atoms with Crippen LogP contribution in [-0.2, 0) is 12.8 Å². The zero-order valence-electron chi connectivity index (χ0n) is 13.7. The molecular weight excluding hydrogens is 254 g/mol. The maximum atomic E-state index is 3.63. The van der Waals surface area contributed by atoms with Crippen molar-refractivity contribution in [1.82, 2.24) is 5.32 Å². The van der Waals surface area contributed by atoms with Crippen molar-refractivity contribution < 1.29 is 0 Å². The van der Waals surface area contributed by atoms with Crippen molar-refractivity contribution in [2.24, 2.45) is 0 Å². The van der Waals surface area contributed by atoms with Crippen molar-refractivity contribution in [3.8, 4) is 0 Å². The van der Waals surface area contributed by atoms with Gasteiger partial charge in [0.15, 0.2) is 0 Å². The summed E-state index contributed by atoms with van der Waals surface area (Å²) in [6.07, 6.45) is 2.21. The molecule has 2 rings (SSSR count). The SMILES string of the molecule is CCNC(c1cccc(C)c1)c1ccc(CC)c(CC)c1. The van der Waals surface area contributed by atoms with Crippen molar-refractivity contribution in [3.05, 3.63) is 70.3 Å². The minimum atomic E-state index is 0.283. The van der Waals surface area contributed by atoms with Crippen LogP contribution in [0.4, 0.5) is 0 Å². The first-order valence-corrected chi connectivity index (χ1v) is 8.11. The van der Waals surface area contributed by atoms with Crippen LogP contribution in [0.2, 0.25) is 0 Å². The molecule has 0 aliphatic rings. The van der Waals surface area contributed by atoms with Crippen molar-refractivity contribution in [2.75, 3.05) is 6.54 Å². The molecule has 0 amide bonds. The summed E-state index contributed by atoms with van der Waals surface area (Å²) in [6.45, 7) is 9.77. The van der Waals surface area contributed by atoms with Gasteiger partial charge >= 0.3 is 0 Å². The van der Waals surface area contributed by atoms with E-state index in [1.54, 1.807) is 0 Å². The fourth-order valence-electron chi connectivity index (χ4n) is 2.98. The van der Waals surface area contributed by atoms with E-state index in [2.05, 4.69) is 75.5 Å². The highest BCUT2D eigenvalue weighted by Crippen LogP contribution is 2.25. The van der Waals surface area contributed by atoms with Gasteiger partial charge < -0.3 is 5.32 Å². The summed E-state index contributed by atoms with van der Waals surface area (Å²) in [5.41, 5.74) is 6.99. The summed E-state index contributed by atoms with van der Waals surface area (Å²) in [7, 11) is 0. The van der Waals surface area contributed by atoms with Crippen LogP contribution in [0.1, 0.15) is 54.6 Å². The highest BCUT2D eigenvalue weighted by molar-refractivity contribution is 5.39. The number of hydrogen-bond acceptors (Lipinski definition) is 1. The summed E-state index contributed by atoms with van der Waals surface area (Å²) >= 11 is 0. The van der Waals surface area contributed by atoms with Gasteiger partial charge in [0.25, 0.3) is 0 Å². The second-order valence-electron chi connectivity index (χ2n) is 5.64. The third-order valence-corrected chi connectivity index (χ3v) is 4.11. The van der Waals surface area contributed by atoms with E-state index in [-0.39, 0.29) is 6.04 Å². The Morgan fingerprint density at radius 2 is 1.57 bits per heavy atom. The van der Waals surface area contributed by atoms with E-state index in [9.17, 15) is 0 Å². The molecule has 1 heteroatoms. The molecule has 0 spiro atoms. The van der Waals surface area contributed by atoms with Gasteiger partial charge in [0.1, 0.15) is 0 Å². The minimum absolute atomic E-state index is 0.283. The van der Waals surface area contributed by atoms with Crippen molar-refractivity contribution >= 4 is 0 Å². The average Bonchev–Trinajstić information content (AvgIpc) is 2.52. The van der Waals surface area contributed by atoms with Crippen LogP contribution >= 0.6 is 0 Å². The molecule has 0 aromatic heterocycles. The van der Waals surface area contributed by atoms with E-state index in [4.69, 9.17) is 0 Å². The Kier molecular flexibility index (Phi) is 5.58. The molecule has 2 aromatic rings. The van der Waals surface area contributed by atoms with Crippen molar-refractivity contribution in [2.45, 2.75) is 46.6 Å². The van der Waals surface area contributed by atoms with Crippen LogP contribution in [0, 0.1) is 6.92 Å². The normalized spacial score (nSPS) is 12.4. The number of hydrogen-bond donors (Lipinski definition) is 1. The Labute approximate surface area is 129 Å². The monoisotopic (exact) mass is 281 g/mol. The molecule has 0 aliphatic carbocycles. The third-order valence-electron chi connectivity index (χ3n) is 4.11. The van der Waals surface area contributed by atoms with Crippen LogP contribution in [0.15, 0.2) is 42.5 Å². The minimum Gasteiger partial charge on any atom is -0.307 e. The van der Waals surface area contributed by atoms with Gasteiger partial charge in [-0.05, 0) is 48.6 Å². The molecule has 0 heterocycles. The summed E-state index contributed by atoms with van der Waals surface area (Å²) in [4.78, 5) is 0. The van der Waals surface area contributed by atoms with Crippen molar-refractivity contribution in [3.63, 3.8) is 0 Å². The molecule has 0 aliphatic heterocycles. The van der Waals surface area contributed by atoms with Gasteiger partial charge in [0.2, 0.25) is 0 Å². The van der Waals surface area contributed by atoms with Crippen LogP contribution in [0.5, 0.6) is 0 Å². The first-order valence-electron chi connectivity index (χ1n) is 8.11. The molecule has 2 aromatic carbocycles. The Hall–Kier alpha value is -1.60. The second-order valence-corrected chi connectivity index (χ2v) is 5.64. The Morgan fingerprint density at radius 3 is 2.19 bits per heavy atom. The number of benzene rings is 2. The smallest absolute Gasteiger partial charge is 0.0576 e. The van der Waals surface area contributed by atoms with E-state index < -0.39 is 0 Å². The lowest BCUT2D eigenvalue weighted by Gasteiger charge is -2.21. The Balaban J connectivity index is 2.43. The molecule has 21 heavy (non-hydrogen) atoms. The van der Waals surface area contributed by atoms with Gasteiger partial charge in [-0.3, -0.25) is 0 Å². The molecule has 112 valence electrons. The molecule has 1 nitrogen and oxygen atoms in total. The fourth-order valence-corrected chi connectivity index (χ4v) is 2.98. The molecule has 0 bridgehead atoms. The maximum Gasteiger partial charge on any atom is 0.0576 e. The number of nitrogens with one attached hydrogen (secondary N) is 1. The van der Waals surface area contributed by atoms with Crippen LogP contribution in [-0.4, -0.2) is 6.54 Å². The van der Waals surface area contributed by atoms with E-state index >= 15 is 0 Å². The first-order chi connectivity index (χ1) is 10.2. The highest BCUT2D eigenvalue weighted by atomic mass is 14.9. The molecule has 0 saturated heterocycles. The largest absolute Gasteiger partial charge is 0.307 e. The van der Waals surface area contributed by atoms with E-state index in [1.165, 1.54) is 27.8 Å². The molecule has 0 radical (unpaired) electrons. The summed E-state index contributed by atoms with van der Waals surface area (Å²) in [6, 6.07) is 16.1. The predicted octanol–water partition coefficient (Wildman–Crippen LogP) is 4.82. The lowest BCUT2D eigenvalue weighted by molar-refractivity contribution is 0.629. The van der Waals surface area contributed by atoms with Gasteiger partial charge in [-0.25, -0.2) is 0 Å². The summed E-state index contributed by atoms with van der Waals surface area (Å²) in [5.74, 6) is 0. The molecular formula is C20H27N. The Morgan fingerprint density at radius 1 is 0.857 bits per heavy atom.